The van der Waals surface area contributed by atoms with Gasteiger partial charge >= 0.3 is 5.97 Å². The number of aliphatic carboxylic acids is 1. The molecule has 6 fully saturated rings. The predicted molar refractivity (Wildman–Crippen MR) is 420 cm³/mol. The van der Waals surface area contributed by atoms with Gasteiger partial charge in [-0.1, -0.05) is 91.0 Å². The third-order valence-electron chi connectivity index (χ3n) is 21.8. The number of carbonyl (C=O) groups excluding carboxylic acids is 10. The number of nitrogens with zero attached hydrogens (tertiary/aromatic N) is 5. The fourth-order valence-corrected chi connectivity index (χ4v) is 17.8. The topological polar surface area (TPSA) is 544 Å². The smallest absolute Gasteiger partial charge is 0.326 e. The van der Waals surface area contributed by atoms with Gasteiger partial charge in [0, 0.05) is 69.7 Å². The Bertz CT molecular complexity index is 4260. The van der Waals surface area contributed by atoms with Gasteiger partial charge in [0.15, 0.2) is 17.9 Å². The molecule has 10 amide bonds. The number of aliphatic imine (C=N–C) groups is 3. The summed E-state index contributed by atoms with van der Waals surface area (Å²) in [5.41, 5.74) is 34.5. The second-order valence-corrected chi connectivity index (χ2v) is 31.4. The number of carboxylic acids is 1. The average Bonchev–Trinajstić information content (AvgIpc) is 0.896. The minimum Gasteiger partial charge on any atom is -0.480 e. The molecule has 0 radical (unpaired) electrons. The van der Waals surface area contributed by atoms with Gasteiger partial charge in [0.1, 0.15) is 54.4 Å². The van der Waals surface area contributed by atoms with Crippen LogP contribution in [0, 0.1) is 23.2 Å². The highest BCUT2D eigenvalue weighted by atomic mass is 32.1. The highest BCUT2D eigenvalue weighted by Crippen LogP contribution is 2.61. The summed E-state index contributed by atoms with van der Waals surface area (Å²) in [7, 11) is 0. The Morgan fingerprint density at radius 1 is 0.527 bits per heavy atom. The Kier molecular flexibility index (Phi) is 29.3. The lowest BCUT2D eigenvalue weighted by atomic mass is 9.49. The van der Waals surface area contributed by atoms with E-state index in [2.05, 4.69) is 57.5 Å². The first-order chi connectivity index (χ1) is 53.7. The monoisotopic (exact) mass is 1560 g/mol. The molecule has 33 nitrogen and oxygen atoms in total. The number of guanidine groups is 3. The van der Waals surface area contributed by atoms with E-state index in [1.54, 1.807) is 47.8 Å². The van der Waals surface area contributed by atoms with Crippen molar-refractivity contribution in [3.63, 3.8) is 0 Å². The zero-order chi connectivity index (χ0) is 80.2. The van der Waals surface area contributed by atoms with Gasteiger partial charge in [-0.15, -0.1) is 11.3 Å². The van der Waals surface area contributed by atoms with Crippen molar-refractivity contribution in [3.8, 4) is 0 Å². The molecule has 3 heterocycles. The number of carbonyl (C=O) groups is 11. The zero-order valence-electron chi connectivity index (χ0n) is 62.6. The van der Waals surface area contributed by atoms with Crippen molar-refractivity contribution in [2.24, 2.45) is 72.5 Å². The maximum Gasteiger partial charge on any atom is 0.326 e. The maximum atomic E-state index is 15.0. The van der Waals surface area contributed by atoms with Crippen LogP contribution in [-0.4, -0.2) is 214 Å². The molecule has 0 spiro atoms. The number of nitrogens with one attached hydrogen (secondary N) is 8. The fraction of sp³-hybridized carbons (Fsp3) is 0.513. The van der Waals surface area contributed by atoms with E-state index >= 15 is 0 Å². The van der Waals surface area contributed by atoms with Crippen LogP contribution in [0.25, 0.3) is 21.5 Å². The number of amides is 10. The molecule has 10 atom stereocenters. The molecule has 4 aliphatic carbocycles. The number of thiophene rings is 1. The van der Waals surface area contributed by atoms with Crippen LogP contribution in [0.1, 0.15) is 119 Å². The molecule has 34 heteroatoms. The summed E-state index contributed by atoms with van der Waals surface area (Å²) in [6.45, 7) is -1.69. The summed E-state index contributed by atoms with van der Waals surface area (Å²) in [6, 6.07) is 16.4. The van der Waals surface area contributed by atoms with E-state index < -0.39 is 133 Å². The summed E-state index contributed by atoms with van der Waals surface area (Å²) < 4.78 is 0. The summed E-state index contributed by atoms with van der Waals surface area (Å²) in [6.07, 6.45) is 6.06. The van der Waals surface area contributed by atoms with Crippen LogP contribution in [-0.2, 0) is 72.0 Å². The van der Waals surface area contributed by atoms with Crippen molar-refractivity contribution in [2.75, 3.05) is 45.9 Å². The van der Waals surface area contributed by atoms with Crippen molar-refractivity contribution < 1.29 is 68.1 Å². The highest BCUT2D eigenvalue weighted by Gasteiger charge is 2.52. The Labute approximate surface area is 652 Å². The summed E-state index contributed by atoms with van der Waals surface area (Å²) in [5.74, 6) is -7.85. The standard InChI is InChI=1S/C78H105N19O14S/c79-75(80)85-24-6-18-55(89-64(100)40-78-37-45-29-46(38-78)31-47(30-45)39-78)66(102)91-56(19-7-25-86-76(81)82)72(108)96-27-9-21-62(96)73(109)97-42-52(99)35-63(97)71(107)88-41-65(101)90-60(36-53-16-10-28-112-53)69(105)95-61(43-98)70(106)93-58(33-44-22-23-48-11-1-2-13-50(48)32-44)67(103)94-59(34-51-15-5-14-49-12-3-4-17-54(49)51)68(104)92-57(74(110)111)20-8-26-87-77(83)84/h1-5,10-17,22-23,28,32,45-47,52,55-63,98-99H,6-9,18-21,24-27,29-31,33-43H2,(H,88,107)(H,89,100)(H,90,101)(H,91,102)(H,92,104)(H,93,106)(H,94,103)(H,95,105)(H,110,111)(H4,79,80,85)(H4,81,82,86)(H4,83,84,87)/t45?,46?,47?,52-,55-,56+,57+,58-,59+,60+,61+,62+,63+,78?/m1/s1. The minimum atomic E-state index is -1.78. The van der Waals surface area contributed by atoms with Crippen molar-refractivity contribution in [2.45, 2.75) is 182 Å². The first-order valence-corrected chi connectivity index (χ1v) is 39.2. The number of benzene rings is 4. The quantitative estimate of drug-likeness (QED) is 0.0133. The normalized spacial score (nSPS) is 21.3. The Balaban J connectivity index is 0.802. The van der Waals surface area contributed by atoms with Crippen LogP contribution in [0.4, 0.5) is 0 Å². The molecule has 4 aromatic carbocycles. The van der Waals surface area contributed by atoms with Gasteiger partial charge < -0.3 is 102 Å². The Morgan fingerprint density at radius 2 is 1.05 bits per heavy atom. The van der Waals surface area contributed by atoms with Crippen LogP contribution < -0.4 is 76.9 Å². The van der Waals surface area contributed by atoms with E-state index in [4.69, 9.17) is 34.4 Å². The molecule has 0 unspecified atom stereocenters. The van der Waals surface area contributed by atoms with Crippen LogP contribution in [0.3, 0.4) is 0 Å². The molecule has 23 N–H and O–H groups in total. The van der Waals surface area contributed by atoms with Gasteiger partial charge in [-0.2, -0.15) is 0 Å². The third-order valence-corrected chi connectivity index (χ3v) is 22.7. The first kappa shape index (κ1) is 83.5. The molecule has 11 rings (SSSR count). The van der Waals surface area contributed by atoms with Crippen LogP contribution >= 0.6 is 11.3 Å². The fourth-order valence-electron chi connectivity index (χ4n) is 17.0. The molecule has 4 bridgehead atoms. The number of hydrogen-bond acceptors (Lipinski definition) is 17. The first-order valence-electron chi connectivity index (χ1n) is 38.3. The van der Waals surface area contributed by atoms with Gasteiger partial charge in [-0.05, 0) is 157 Å². The van der Waals surface area contributed by atoms with Crippen molar-refractivity contribution in [1.82, 2.24) is 52.3 Å². The van der Waals surface area contributed by atoms with E-state index in [1.807, 2.05) is 54.6 Å². The summed E-state index contributed by atoms with van der Waals surface area (Å²) in [5, 5.41) is 58.7. The Hall–Kier alpha value is -11.0. The molecule has 1 aromatic heterocycles. The van der Waals surface area contributed by atoms with E-state index in [1.165, 1.54) is 35.5 Å². The molecule has 112 heavy (non-hydrogen) atoms. The molecule has 5 aromatic rings. The third kappa shape index (κ3) is 23.1. The molecular formula is C78H105N19O14S. The van der Waals surface area contributed by atoms with Crippen LogP contribution in [0.2, 0.25) is 0 Å². The number of aliphatic hydroxyl groups excluding tert-OH is 2. The van der Waals surface area contributed by atoms with Crippen LogP contribution in [0.5, 0.6) is 0 Å². The van der Waals surface area contributed by atoms with Gasteiger partial charge in [0.25, 0.3) is 0 Å². The lowest BCUT2D eigenvalue weighted by Gasteiger charge is -2.56. The average molecular weight is 1560 g/mol. The lowest BCUT2D eigenvalue weighted by Crippen LogP contribution is -2.60. The van der Waals surface area contributed by atoms with Crippen LogP contribution in [0.15, 0.2) is 117 Å². The van der Waals surface area contributed by atoms with Gasteiger partial charge in [0.2, 0.25) is 59.1 Å². The largest absolute Gasteiger partial charge is 0.480 e. The number of β-amino-alcohol motifs (C(OH)–C–C–N with tert-alkyl or cyclic N) is 1. The molecule has 2 aliphatic heterocycles. The molecule has 6 aliphatic rings. The van der Waals surface area contributed by atoms with E-state index in [9.17, 15) is 68.1 Å². The van der Waals surface area contributed by atoms with Crippen molar-refractivity contribution >= 4 is 116 Å². The van der Waals surface area contributed by atoms with Gasteiger partial charge in [-0.25, -0.2) is 4.79 Å². The van der Waals surface area contributed by atoms with Crippen molar-refractivity contribution in [3.05, 3.63) is 118 Å². The highest BCUT2D eigenvalue weighted by molar-refractivity contribution is 7.09. The number of carboxylic acid groups (broad SMARTS) is 1. The number of hydrogen-bond donors (Lipinski definition) is 17. The van der Waals surface area contributed by atoms with Gasteiger partial charge in [-0.3, -0.25) is 62.9 Å². The summed E-state index contributed by atoms with van der Waals surface area (Å²) >= 11 is 1.25. The predicted octanol–water partition coefficient (Wildman–Crippen LogP) is -0.611. The van der Waals surface area contributed by atoms with Gasteiger partial charge in [0.05, 0.1) is 19.3 Å². The zero-order valence-corrected chi connectivity index (χ0v) is 63.5. The SMILES string of the molecule is NC(N)=NCCC[C@H](NC(=O)[C@H](Cc1cccc2ccccc12)NC(=O)[C@@H](Cc1ccc2ccccc2c1)NC(=O)[C@H](CO)NC(=O)[C@H](Cc1cccs1)NC(=O)CNC(=O)[C@@H]1C[C@@H](O)CN1C(=O)[C@@H]1CCCN1C(=O)[C@H](CCCN=C(N)N)NC(=O)[C@@H](CCCN=C(N)N)NC(=O)CC12CC3CC(CC(C3)C1)C2)C(=O)O. The number of nitrogens with two attached hydrogens (primary N) is 6. The molecule has 4 saturated carbocycles. The Morgan fingerprint density at radius 3 is 1.66 bits per heavy atom. The molecule has 602 valence electrons. The maximum absolute atomic E-state index is 15.0. The number of rotatable bonds is 39. The second kappa shape index (κ2) is 39.3. The number of fused-ring (bicyclic) bond motifs is 2. The number of aliphatic hydroxyl groups is 2. The van der Waals surface area contributed by atoms with Crippen molar-refractivity contribution in [1.29, 1.82) is 0 Å². The molecular weight excluding hydrogens is 1460 g/mol. The number of likely N-dealkylation sites (tertiary alicyclic amines) is 2. The minimum absolute atomic E-state index is 0.0176. The van der Waals surface area contributed by atoms with E-state index in [0.717, 1.165) is 45.7 Å². The van der Waals surface area contributed by atoms with E-state index in [0.29, 0.717) is 46.6 Å². The molecule has 2 saturated heterocycles. The lowest BCUT2D eigenvalue weighted by molar-refractivity contribution is -0.148. The summed E-state index contributed by atoms with van der Waals surface area (Å²) in [4.78, 5) is 173. The van der Waals surface area contributed by atoms with E-state index in [-0.39, 0.29) is 133 Å². The second-order valence-electron chi connectivity index (χ2n) is 30.3.